The number of carbonyl (C=O) groups excluding carboxylic acids is 1. The molecule has 4 nitrogen and oxygen atoms in total. The Morgan fingerprint density at radius 1 is 1.67 bits per heavy atom. The van der Waals surface area contributed by atoms with Crippen molar-refractivity contribution in [3.8, 4) is 0 Å². The Hall–Kier alpha value is -0.610. The van der Waals surface area contributed by atoms with Gasteiger partial charge in [-0.15, -0.1) is 0 Å². The molecule has 1 aliphatic rings. The van der Waals surface area contributed by atoms with E-state index in [1.54, 1.807) is 0 Å². The van der Waals surface area contributed by atoms with Crippen LogP contribution >= 0.6 is 0 Å². The quantitative estimate of drug-likeness (QED) is 0.600. The predicted octanol–water partition coefficient (Wildman–Crippen LogP) is 0.0558. The van der Waals surface area contributed by atoms with Gasteiger partial charge in [0.2, 0.25) is 0 Å². The number of hydrogen-bond acceptors (Lipinski definition) is 4. The first kappa shape index (κ1) is 9.48. The van der Waals surface area contributed by atoms with E-state index in [-0.39, 0.29) is 12.1 Å². The average Bonchev–Trinajstić information content (AvgIpc) is 2.17. The molecule has 70 valence electrons. The van der Waals surface area contributed by atoms with Crippen molar-refractivity contribution in [3.63, 3.8) is 0 Å². The first-order valence-electron chi connectivity index (χ1n) is 4.21. The number of rotatable bonds is 2. The summed E-state index contributed by atoms with van der Waals surface area (Å²) in [5.41, 5.74) is 5.43. The van der Waals surface area contributed by atoms with E-state index in [1.165, 1.54) is 7.11 Å². The molecule has 1 heterocycles. The second-order valence-electron chi connectivity index (χ2n) is 2.94. The van der Waals surface area contributed by atoms with Crippen molar-refractivity contribution in [1.29, 1.82) is 0 Å². The molecule has 1 saturated heterocycles. The molecule has 0 aliphatic carbocycles. The molecule has 2 N–H and O–H groups in total. The largest absolute Gasteiger partial charge is 0.467 e. The Morgan fingerprint density at radius 2 is 2.42 bits per heavy atom. The van der Waals surface area contributed by atoms with Gasteiger partial charge in [0.1, 0.15) is 0 Å². The average molecular weight is 173 g/mol. The van der Waals surface area contributed by atoms with E-state index in [0.717, 1.165) is 19.3 Å². The van der Waals surface area contributed by atoms with Gasteiger partial charge in [-0.25, -0.2) is 4.79 Å². The highest BCUT2D eigenvalue weighted by Crippen LogP contribution is 2.18. The number of hydrogen-bond donors (Lipinski definition) is 1. The first-order valence-corrected chi connectivity index (χ1v) is 4.21. The summed E-state index contributed by atoms with van der Waals surface area (Å²) in [7, 11) is 1.37. The third-order valence-corrected chi connectivity index (χ3v) is 2.08. The highest BCUT2D eigenvalue weighted by Gasteiger charge is 2.27. The molecule has 2 atom stereocenters. The minimum atomic E-state index is -0.391. The van der Waals surface area contributed by atoms with Crippen molar-refractivity contribution < 1.29 is 14.3 Å². The SMILES string of the molecule is COC(=O)[C@@H]1CCC[C@H](CN)O1. The van der Waals surface area contributed by atoms with Crippen LogP contribution in [0.15, 0.2) is 0 Å². The first-order chi connectivity index (χ1) is 5.77. The van der Waals surface area contributed by atoms with Gasteiger partial charge in [-0.3, -0.25) is 0 Å². The van der Waals surface area contributed by atoms with Crippen LogP contribution in [0.1, 0.15) is 19.3 Å². The zero-order chi connectivity index (χ0) is 8.97. The third-order valence-electron chi connectivity index (χ3n) is 2.08. The number of nitrogens with two attached hydrogens (primary N) is 1. The Balaban J connectivity index is 2.40. The Morgan fingerprint density at radius 3 is 3.00 bits per heavy atom. The molecule has 0 bridgehead atoms. The monoisotopic (exact) mass is 173 g/mol. The van der Waals surface area contributed by atoms with Crippen LogP contribution in [0.2, 0.25) is 0 Å². The fourth-order valence-electron chi connectivity index (χ4n) is 1.38. The molecule has 0 unspecified atom stereocenters. The van der Waals surface area contributed by atoms with Gasteiger partial charge < -0.3 is 15.2 Å². The molecular weight excluding hydrogens is 158 g/mol. The van der Waals surface area contributed by atoms with Crippen molar-refractivity contribution in [1.82, 2.24) is 0 Å². The molecule has 4 heteroatoms. The molecule has 0 spiro atoms. The van der Waals surface area contributed by atoms with Crippen LogP contribution in [-0.4, -0.2) is 31.8 Å². The lowest BCUT2D eigenvalue weighted by atomic mass is 10.0. The van der Waals surface area contributed by atoms with Crippen LogP contribution in [0, 0.1) is 0 Å². The van der Waals surface area contributed by atoms with E-state index < -0.39 is 6.10 Å². The van der Waals surface area contributed by atoms with Crippen LogP contribution < -0.4 is 5.73 Å². The molecule has 0 aromatic carbocycles. The van der Waals surface area contributed by atoms with Crippen LogP contribution in [-0.2, 0) is 14.3 Å². The summed E-state index contributed by atoms with van der Waals surface area (Å²) in [6.45, 7) is 0.480. The van der Waals surface area contributed by atoms with E-state index >= 15 is 0 Å². The van der Waals surface area contributed by atoms with Crippen molar-refractivity contribution in [2.45, 2.75) is 31.5 Å². The highest BCUT2D eigenvalue weighted by atomic mass is 16.6. The maximum absolute atomic E-state index is 11.0. The summed E-state index contributed by atoms with van der Waals surface area (Å²) in [4.78, 5) is 11.0. The normalized spacial score (nSPS) is 29.8. The van der Waals surface area contributed by atoms with Gasteiger partial charge in [-0.1, -0.05) is 0 Å². The molecule has 1 fully saturated rings. The number of methoxy groups -OCH3 is 1. The van der Waals surface area contributed by atoms with E-state index in [1.807, 2.05) is 0 Å². The molecule has 0 radical (unpaired) electrons. The molecule has 1 rings (SSSR count). The lowest BCUT2D eigenvalue weighted by Gasteiger charge is -2.27. The highest BCUT2D eigenvalue weighted by molar-refractivity contribution is 5.74. The van der Waals surface area contributed by atoms with Crippen LogP contribution in [0.25, 0.3) is 0 Å². The van der Waals surface area contributed by atoms with Crippen LogP contribution in [0.3, 0.4) is 0 Å². The lowest BCUT2D eigenvalue weighted by Crippen LogP contribution is -2.37. The van der Waals surface area contributed by atoms with E-state index in [4.69, 9.17) is 10.5 Å². The van der Waals surface area contributed by atoms with Gasteiger partial charge in [0.25, 0.3) is 0 Å². The van der Waals surface area contributed by atoms with Crippen molar-refractivity contribution in [2.75, 3.05) is 13.7 Å². The summed E-state index contributed by atoms with van der Waals surface area (Å²) in [5.74, 6) is -0.284. The standard InChI is InChI=1S/C8H15NO3/c1-11-8(10)7-4-2-3-6(5-9)12-7/h6-7H,2-5,9H2,1H3/t6-,7+/m1/s1. The molecule has 1 aliphatic heterocycles. The van der Waals surface area contributed by atoms with E-state index in [0.29, 0.717) is 6.54 Å². The number of carbonyl (C=O) groups is 1. The van der Waals surface area contributed by atoms with Gasteiger partial charge in [0.15, 0.2) is 6.10 Å². The summed E-state index contributed by atoms with van der Waals surface area (Å²) < 4.78 is 9.97. The molecule has 12 heavy (non-hydrogen) atoms. The summed E-state index contributed by atoms with van der Waals surface area (Å²) >= 11 is 0. The lowest BCUT2D eigenvalue weighted by molar-refractivity contribution is -0.162. The van der Waals surface area contributed by atoms with Gasteiger partial charge in [-0.05, 0) is 19.3 Å². The second-order valence-corrected chi connectivity index (χ2v) is 2.94. The van der Waals surface area contributed by atoms with Crippen molar-refractivity contribution in [3.05, 3.63) is 0 Å². The van der Waals surface area contributed by atoms with E-state index in [9.17, 15) is 4.79 Å². The maximum Gasteiger partial charge on any atom is 0.334 e. The molecule has 0 saturated carbocycles. The van der Waals surface area contributed by atoms with Gasteiger partial charge in [0.05, 0.1) is 13.2 Å². The smallest absolute Gasteiger partial charge is 0.334 e. The zero-order valence-corrected chi connectivity index (χ0v) is 7.29. The van der Waals surface area contributed by atoms with Gasteiger partial charge >= 0.3 is 5.97 Å². The minimum Gasteiger partial charge on any atom is -0.467 e. The molecule has 0 aromatic heterocycles. The Kier molecular flexibility index (Phi) is 3.49. The summed E-state index contributed by atoms with van der Waals surface area (Å²) in [6.07, 6.45) is 2.33. The molecular formula is C8H15NO3. The second kappa shape index (κ2) is 4.42. The molecule has 0 aromatic rings. The van der Waals surface area contributed by atoms with Gasteiger partial charge in [0, 0.05) is 6.54 Å². The molecule has 0 amide bonds. The van der Waals surface area contributed by atoms with Crippen LogP contribution in [0.5, 0.6) is 0 Å². The van der Waals surface area contributed by atoms with Crippen LogP contribution in [0.4, 0.5) is 0 Å². The number of esters is 1. The fraction of sp³-hybridized carbons (Fsp3) is 0.875. The summed E-state index contributed by atoms with van der Waals surface area (Å²) in [5, 5.41) is 0. The Labute approximate surface area is 72.0 Å². The third kappa shape index (κ3) is 2.19. The van der Waals surface area contributed by atoms with Crippen molar-refractivity contribution in [2.24, 2.45) is 5.73 Å². The predicted molar refractivity (Wildman–Crippen MR) is 43.6 cm³/mol. The number of ether oxygens (including phenoxy) is 2. The van der Waals surface area contributed by atoms with E-state index in [2.05, 4.69) is 4.74 Å². The maximum atomic E-state index is 11.0. The summed E-state index contributed by atoms with van der Waals surface area (Å²) in [6, 6.07) is 0. The Bertz CT molecular complexity index is 160. The minimum absolute atomic E-state index is 0.0304. The van der Waals surface area contributed by atoms with Gasteiger partial charge in [-0.2, -0.15) is 0 Å². The van der Waals surface area contributed by atoms with Crippen molar-refractivity contribution >= 4 is 5.97 Å². The zero-order valence-electron chi connectivity index (χ0n) is 7.29. The fourth-order valence-corrected chi connectivity index (χ4v) is 1.38. The topological polar surface area (TPSA) is 61.5 Å².